The zero-order valence-corrected chi connectivity index (χ0v) is 17.5. The average molecular weight is 420 g/mol. The molecule has 7 nitrogen and oxygen atoms in total. The van der Waals surface area contributed by atoms with Crippen molar-refractivity contribution in [1.29, 1.82) is 0 Å². The second-order valence-electron chi connectivity index (χ2n) is 6.94. The summed E-state index contributed by atoms with van der Waals surface area (Å²) in [6, 6.07) is 14.5. The van der Waals surface area contributed by atoms with Crippen LogP contribution in [0.5, 0.6) is 0 Å². The fraction of sp³-hybridized carbons (Fsp3) is 0.182. The van der Waals surface area contributed by atoms with Crippen molar-refractivity contribution in [3.63, 3.8) is 0 Å². The quantitative estimate of drug-likeness (QED) is 0.490. The first-order valence-corrected chi connectivity index (χ1v) is 10.5. The van der Waals surface area contributed by atoms with E-state index < -0.39 is 0 Å². The van der Waals surface area contributed by atoms with Gasteiger partial charge in [-0.1, -0.05) is 37.1 Å². The molecule has 1 amide bonds. The lowest BCUT2D eigenvalue weighted by Crippen LogP contribution is -2.19. The molecule has 0 saturated carbocycles. The van der Waals surface area contributed by atoms with Crippen LogP contribution in [0.3, 0.4) is 0 Å². The van der Waals surface area contributed by atoms with Crippen LogP contribution in [0.4, 0.5) is 5.82 Å². The number of aryl methyl sites for hydroxylation is 2. The largest absolute Gasteiger partial charge is 0.306 e. The Morgan fingerprint density at radius 1 is 1.20 bits per heavy atom. The van der Waals surface area contributed by atoms with Crippen molar-refractivity contribution in [1.82, 2.24) is 19.7 Å². The van der Waals surface area contributed by atoms with Crippen LogP contribution >= 0.6 is 11.3 Å². The second kappa shape index (κ2) is 8.46. The van der Waals surface area contributed by atoms with Crippen molar-refractivity contribution < 1.29 is 4.79 Å². The van der Waals surface area contributed by atoms with Crippen molar-refractivity contribution >= 4 is 23.1 Å². The Morgan fingerprint density at radius 2 is 2.07 bits per heavy atom. The molecular formula is C22H21N5O2S. The average Bonchev–Trinajstić information content (AvgIpc) is 3.37. The Labute approximate surface area is 177 Å². The van der Waals surface area contributed by atoms with E-state index in [1.807, 2.05) is 49.6 Å². The van der Waals surface area contributed by atoms with Gasteiger partial charge in [-0.3, -0.25) is 14.6 Å². The van der Waals surface area contributed by atoms with Crippen molar-refractivity contribution in [2.24, 2.45) is 0 Å². The normalized spacial score (nSPS) is 10.9. The Morgan fingerprint density at radius 3 is 2.80 bits per heavy atom. The molecule has 0 spiro atoms. The van der Waals surface area contributed by atoms with Gasteiger partial charge in [-0.15, -0.1) is 11.3 Å². The molecule has 4 rings (SSSR count). The third kappa shape index (κ3) is 4.23. The van der Waals surface area contributed by atoms with Gasteiger partial charge in [0.25, 0.3) is 11.5 Å². The van der Waals surface area contributed by atoms with Crippen molar-refractivity contribution in [3.8, 4) is 16.5 Å². The van der Waals surface area contributed by atoms with Crippen LogP contribution < -0.4 is 10.9 Å². The Kier molecular flexibility index (Phi) is 5.58. The van der Waals surface area contributed by atoms with E-state index in [0.29, 0.717) is 29.2 Å². The number of anilines is 1. The topological polar surface area (TPSA) is 92.7 Å². The number of thiophene rings is 1. The summed E-state index contributed by atoms with van der Waals surface area (Å²) < 4.78 is 1.48. The maximum absolute atomic E-state index is 12.8. The van der Waals surface area contributed by atoms with Gasteiger partial charge in [0.05, 0.1) is 4.88 Å². The molecule has 152 valence electrons. The summed E-state index contributed by atoms with van der Waals surface area (Å²) in [4.78, 5) is 33.2. The third-order valence-electron chi connectivity index (χ3n) is 4.49. The minimum Gasteiger partial charge on any atom is -0.306 e. The molecule has 0 atom stereocenters. The van der Waals surface area contributed by atoms with Gasteiger partial charge in [0.15, 0.2) is 0 Å². The summed E-state index contributed by atoms with van der Waals surface area (Å²) in [5, 5.41) is 9.48. The Balaban J connectivity index is 1.78. The summed E-state index contributed by atoms with van der Waals surface area (Å²) in [5.74, 6) is 0.444. The molecule has 0 fully saturated rings. The van der Waals surface area contributed by atoms with Gasteiger partial charge in [-0.05, 0) is 36.9 Å². The molecule has 2 N–H and O–H groups in total. The Bertz CT molecular complexity index is 1240. The zero-order chi connectivity index (χ0) is 21.1. The summed E-state index contributed by atoms with van der Waals surface area (Å²) in [7, 11) is 0. The van der Waals surface area contributed by atoms with E-state index >= 15 is 0 Å². The van der Waals surface area contributed by atoms with Gasteiger partial charge in [0.2, 0.25) is 5.95 Å². The van der Waals surface area contributed by atoms with Gasteiger partial charge in [-0.25, -0.2) is 4.98 Å². The monoisotopic (exact) mass is 419 g/mol. The molecule has 0 aliphatic rings. The number of carbonyl (C=O) groups excluding carboxylic acids is 1. The highest BCUT2D eigenvalue weighted by Gasteiger charge is 2.17. The van der Waals surface area contributed by atoms with E-state index in [9.17, 15) is 9.59 Å². The number of amides is 1. The lowest BCUT2D eigenvalue weighted by molar-refractivity contribution is 0.102. The molecule has 0 aliphatic heterocycles. The van der Waals surface area contributed by atoms with E-state index in [-0.39, 0.29) is 17.4 Å². The molecule has 3 heterocycles. The summed E-state index contributed by atoms with van der Waals surface area (Å²) in [5.41, 5.74) is 2.65. The molecule has 0 unspecified atom stereocenters. The second-order valence-corrected chi connectivity index (χ2v) is 7.89. The van der Waals surface area contributed by atoms with Gasteiger partial charge < -0.3 is 5.32 Å². The molecule has 30 heavy (non-hydrogen) atoms. The zero-order valence-electron chi connectivity index (χ0n) is 16.7. The highest BCUT2D eigenvalue weighted by molar-refractivity contribution is 7.13. The van der Waals surface area contributed by atoms with Crippen LogP contribution in [-0.4, -0.2) is 25.7 Å². The van der Waals surface area contributed by atoms with Crippen LogP contribution in [-0.2, 0) is 6.42 Å². The van der Waals surface area contributed by atoms with Gasteiger partial charge in [0.1, 0.15) is 11.5 Å². The summed E-state index contributed by atoms with van der Waals surface area (Å²) in [6.45, 7) is 3.96. The molecular weight excluding hydrogens is 398 g/mol. The highest BCUT2D eigenvalue weighted by atomic mass is 32.1. The van der Waals surface area contributed by atoms with Crippen LogP contribution in [0.15, 0.2) is 58.7 Å². The van der Waals surface area contributed by atoms with Crippen molar-refractivity contribution in [3.05, 3.63) is 81.1 Å². The number of aromatic amines is 1. The van der Waals surface area contributed by atoms with Crippen molar-refractivity contribution in [2.45, 2.75) is 26.7 Å². The molecule has 0 aliphatic carbocycles. The lowest BCUT2D eigenvalue weighted by atomic mass is 10.1. The number of H-pyrrole nitrogens is 1. The number of carbonyl (C=O) groups is 1. The molecule has 8 heteroatoms. The molecule has 0 radical (unpaired) electrons. The number of benzene rings is 1. The number of nitrogens with zero attached hydrogens (tertiary/aromatic N) is 3. The fourth-order valence-electron chi connectivity index (χ4n) is 3.13. The minimum atomic E-state index is -0.260. The van der Waals surface area contributed by atoms with Gasteiger partial charge in [0, 0.05) is 23.4 Å². The van der Waals surface area contributed by atoms with E-state index in [4.69, 9.17) is 0 Å². The van der Waals surface area contributed by atoms with E-state index in [0.717, 1.165) is 16.9 Å². The first-order chi connectivity index (χ1) is 14.5. The number of hydrogen-bond donors (Lipinski definition) is 2. The maximum atomic E-state index is 12.8. The van der Waals surface area contributed by atoms with Gasteiger partial charge in [-0.2, -0.15) is 9.78 Å². The van der Waals surface area contributed by atoms with E-state index in [2.05, 4.69) is 20.4 Å². The Hall–Kier alpha value is -3.52. The summed E-state index contributed by atoms with van der Waals surface area (Å²) in [6.07, 6.45) is 1.55. The third-order valence-corrected chi connectivity index (χ3v) is 5.39. The van der Waals surface area contributed by atoms with Crippen LogP contribution in [0.2, 0.25) is 0 Å². The van der Waals surface area contributed by atoms with E-state index in [1.54, 1.807) is 23.5 Å². The number of hydrogen-bond acceptors (Lipinski definition) is 5. The van der Waals surface area contributed by atoms with Crippen LogP contribution in [0, 0.1) is 6.92 Å². The molecule has 4 aromatic rings. The van der Waals surface area contributed by atoms with E-state index in [1.165, 1.54) is 10.7 Å². The first kappa shape index (κ1) is 19.8. The SMILES string of the molecule is CCCc1cc(=O)[nH]c(-n2nc(-c3cccs3)cc2NC(=O)c2cccc(C)c2)n1. The highest BCUT2D eigenvalue weighted by Crippen LogP contribution is 2.27. The molecule has 0 saturated heterocycles. The first-order valence-electron chi connectivity index (χ1n) is 9.66. The van der Waals surface area contributed by atoms with Crippen LogP contribution in [0.25, 0.3) is 16.5 Å². The predicted octanol–water partition coefficient (Wildman–Crippen LogP) is 4.20. The maximum Gasteiger partial charge on any atom is 0.256 e. The standard InChI is InChI=1S/C22H21N5O2S/c1-3-6-16-12-20(28)25-22(23-16)27-19(13-17(26-27)18-9-5-10-30-18)24-21(29)15-8-4-7-14(2)11-15/h4-5,7-13H,3,6H2,1-2H3,(H,24,29)(H,23,25,28). The minimum absolute atomic E-state index is 0.257. The fourth-order valence-corrected chi connectivity index (χ4v) is 3.81. The smallest absolute Gasteiger partial charge is 0.256 e. The van der Waals surface area contributed by atoms with Crippen LogP contribution in [0.1, 0.15) is 35.0 Å². The number of rotatable bonds is 6. The van der Waals surface area contributed by atoms with Gasteiger partial charge >= 0.3 is 0 Å². The van der Waals surface area contributed by atoms with Crippen molar-refractivity contribution in [2.75, 3.05) is 5.32 Å². The lowest BCUT2D eigenvalue weighted by Gasteiger charge is -2.09. The molecule has 0 bridgehead atoms. The molecule has 3 aromatic heterocycles. The summed E-state index contributed by atoms with van der Waals surface area (Å²) >= 11 is 1.54. The molecule has 1 aromatic carbocycles. The number of nitrogens with one attached hydrogen (secondary N) is 2. The predicted molar refractivity (Wildman–Crippen MR) is 118 cm³/mol. The number of aromatic nitrogens is 4.